The van der Waals surface area contributed by atoms with E-state index < -0.39 is 0 Å². The lowest BCUT2D eigenvalue weighted by atomic mass is 10.1. The Hall–Kier alpha value is -0.720. The Morgan fingerprint density at radius 3 is 2.59 bits per heavy atom. The zero-order valence-electron chi connectivity index (χ0n) is 9.94. The molecule has 1 aromatic rings. The molecule has 0 unspecified atom stereocenters. The molecule has 0 bridgehead atoms. The first kappa shape index (κ1) is 16.3. The maximum atomic E-state index is 11.5. The van der Waals surface area contributed by atoms with Crippen molar-refractivity contribution in [3.63, 3.8) is 0 Å². The Kier molecular flexibility index (Phi) is 8.93. The summed E-state index contributed by atoms with van der Waals surface area (Å²) in [5.74, 6) is 0.0175. The van der Waals surface area contributed by atoms with E-state index in [9.17, 15) is 4.79 Å². The Bertz CT molecular complexity index is 332. The number of carbonyl (C=O) groups is 1. The minimum absolute atomic E-state index is 0. The highest BCUT2D eigenvalue weighted by molar-refractivity contribution is 7.15. The van der Waals surface area contributed by atoms with Crippen LogP contribution in [-0.4, -0.2) is 22.6 Å². The molecular formula is C10H19ClN4OS. The van der Waals surface area contributed by atoms with Gasteiger partial charge in [0.2, 0.25) is 11.0 Å². The maximum absolute atomic E-state index is 11.5. The second kappa shape index (κ2) is 9.32. The highest BCUT2D eigenvalue weighted by Gasteiger charge is 2.05. The summed E-state index contributed by atoms with van der Waals surface area (Å²) < 4.78 is 0. The molecule has 1 aromatic heterocycles. The zero-order chi connectivity index (χ0) is 11.8. The number of rotatable bonds is 7. The number of nitrogens with zero attached hydrogens (tertiary/aromatic N) is 2. The molecule has 0 aliphatic heterocycles. The van der Waals surface area contributed by atoms with Crippen LogP contribution in [0.4, 0.5) is 5.13 Å². The minimum atomic E-state index is 0. The molecule has 0 radical (unpaired) electrons. The summed E-state index contributed by atoms with van der Waals surface area (Å²) in [6.07, 6.45) is 4.64. The fraction of sp³-hybridized carbons (Fsp3) is 0.700. The van der Waals surface area contributed by atoms with Crippen molar-refractivity contribution in [1.82, 2.24) is 10.2 Å². The molecular weight excluding hydrogens is 260 g/mol. The van der Waals surface area contributed by atoms with Gasteiger partial charge in [-0.15, -0.1) is 22.6 Å². The average Bonchev–Trinajstić information content (AvgIpc) is 2.63. The summed E-state index contributed by atoms with van der Waals surface area (Å²) in [6.45, 7) is 2.59. The van der Waals surface area contributed by atoms with E-state index in [2.05, 4.69) is 15.5 Å². The predicted molar refractivity (Wildman–Crippen MR) is 72.7 cm³/mol. The molecule has 0 saturated carbocycles. The van der Waals surface area contributed by atoms with Crippen LogP contribution in [0, 0.1) is 6.92 Å². The number of hydrogen-bond acceptors (Lipinski definition) is 5. The Balaban J connectivity index is 0.00000256. The average molecular weight is 279 g/mol. The van der Waals surface area contributed by atoms with Crippen LogP contribution >= 0.6 is 23.7 Å². The number of nitrogens with one attached hydrogen (secondary N) is 1. The summed E-state index contributed by atoms with van der Waals surface area (Å²) in [7, 11) is 0. The Labute approximate surface area is 112 Å². The number of unbranched alkanes of at least 4 members (excludes halogenated alkanes) is 3. The van der Waals surface area contributed by atoms with Crippen LogP contribution in [0.1, 0.15) is 37.1 Å². The van der Waals surface area contributed by atoms with Gasteiger partial charge in [0.25, 0.3) is 0 Å². The van der Waals surface area contributed by atoms with Crippen LogP contribution < -0.4 is 11.1 Å². The smallest absolute Gasteiger partial charge is 0.226 e. The lowest BCUT2D eigenvalue weighted by Crippen LogP contribution is -2.10. The fourth-order valence-corrected chi connectivity index (χ4v) is 1.92. The minimum Gasteiger partial charge on any atom is -0.330 e. The van der Waals surface area contributed by atoms with E-state index in [4.69, 9.17) is 5.73 Å². The SMILES string of the molecule is Cc1nnc(NC(=O)CCCCCCN)s1.Cl. The summed E-state index contributed by atoms with van der Waals surface area (Å²) >= 11 is 1.39. The Morgan fingerprint density at radius 2 is 2.00 bits per heavy atom. The van der Waals surface area contributed by atoms with E-state index in [1.54, 1.807) is 0 Å². The summed E-state index contributed by atoms with van der Waals surface area (Å²) in [5, 5.41) is 11.8. The van der Waals surface area contributed by atoms with Gasteiger partial charge < -0.3 is 11.1 Å². The quantitative estimate of drug-likeness (QED) is 0.749. The Morgan fingerprint density at radius 1 is 1.29 bits per heavy atom. The zero-order valence-corrected chi connectivity index (χ0v) is 11.6. The summed E-state index contributed by atoms with van der Waals surface area (Å²) in [4.78, 5) is 11.5. The van der Waals surface area contributed by atoms with E-state index in [-0.39, 0.29) is 18.3 Å². The lowest BCUT2D eigenvalue weighted by Gasteiger charge is -2.00. The van der Waals surface area contributed by atoms with Crippen molar-refractivity contribution in [1.29, 1.82) is 0 Å². The van der Waals surface area contributed by atoms with Crippen molar-refractivity contribution in [2.24, 2.45) is 5.73 Å². The molecule has 3 N–H and O–H groups in total. The first-order valence-electron chi connectivity index (χ1n) is 5.52. The van der Waals surface area contributed by atoms with Crippen molar-refractivity contribution >= 4 is 34.8 Å². The lowest BCUT2D eigenvalue weighted by molar-refractivity contribution is -0.116. The van der Waals surface area contributed by atoms with Gasteiger partial charge in [-0.2, -0.15) is 0 Å². The monoisotopic (exact) mass is 278 g/mol. The third-order valence-electron chi connectivity index (χ3n) is 2.13. The molecule has 0 spiro atoms. The first-order valence-corrected chi connectivity index (χ1v) is 6.34. The summed E-state index contributed by atoms with van der Waals surface area (Å²) in [5.41, 5.74) is 5.38. The number of anilines is 1. The molecule has 0 fully saturated rings. The van der Waals surface area contributed by atoms with Crippen LogP contribution in [-0.2, 0) is 4.79 Å². The van der Waals surface area contributed by atoms with Gasteiger partial charge in [0.15, 0.2) is 0 Å². The van der Waals surface area contributed by atoms with Gasteiger partial charge in [0.1, 0.15) is 5.01 Å². The third kappa shape index (κ3) is 7.25. The van der Waals surface area contributed by atoms with Crippen LogP contribution in [0.25, 0.3) is 0 Å². The van der Waals surface area contributed by atoms with Gasteiger partial charge in [-0.25, -0.2) is 0 Å². The van der Waals surface area contributed by atoms with Crippen molar-refractivity contribution in [3.8, 4) is 0 Å². The molecule has 0 aliphatic carbocycles. The molecule has 1 amide bonds. The topological polar surface area (TPSA) is 80.9 Å². The number of aryl methyl sites for hydroxylation is 1. The molecule has 5 nitrogen and oxygen atoms in total. The highest BCUT2D eigenvalue weighted by Crippen LogP contribution is 2.14. The van der Waals surface area contributed by atoms with E-state index in [0.717, 1.165) is 37.2 Å². The summed E-state index contributed by atoms with van der Waals surface area (Å²) in [6, 6.07) is 0. The van der Waals surface area contributed by atoms with Gasteiger partial charge in [0.05, 0.1) is 0 Å². The van der Waals surface area contributed by atoms with Crippen LogP contribution in [0.2, 0.25) is 0 Å². The molecule has 17 heavy (non-hydrogen) atoms. The van der Waals surface area contributed by atoms with Gasteiger partial charge in [-0.3, -0.25) is 4.79 Å². The molecule has 1 rings (SSSR count). The van der Waals surface area contributed by atoms with Crippen molar-refractivity contribution < 1.29 is 4.79 Å². The van der Waals surface area contributed by atoms with Crippen molar-refractivity contribution in [2.45, 2.75) is 39.0 Å². The van der Waals surface area contributed by atoms with Crippen LogP contribution in [0.15, 0.2) is 0 Å². The van der Waals surface area contributed by atoms with E-state index in [1.165, 1.54) is 11.3 Å². The van der Waals surface area contributed by atoms with Gasteiger partial charge in [-0.05, 0) is 26.3 Å². The second-order valence-corrected chi connectivity index (χ2v) is 4.81. The van der Waals surface area contributed by atoms with Crippen LogP contribution in [0.5, 0.6) is 0 Å². The van der Waals surface area contributed by atoms with Crippen molar-refractivity contribution in [2.75, 3.05) is 11.9 Å². The molecule has 1 heterocycles. The number of halogens is 1. The number of hydrogen-bond donors (Lipinski definition) is 2. The van der Waals surface area contributed by atoms with Gasteiger partial charge in [-0.1, -0.05) is 24.2 Å². The number of amides is 1. The maximum Gasteiger partial charge on any atom is 0.226 e. The van der Waals surface area contributed by atoms with Gasteiger partial charge >= 0.3 is 0 Å². The number of carbonyl (C=O) groups excluding carboxylic acids is 1. The highest BCUT2D eigenvalue weighted by atomic mass is 35.5. The number of nitrogens with two attached hydrogens (primary N) is 1. The third-order valence-corrected chi connectivity index (χ3v) is 2.88. The second-order valence-electron chi connectivity index (χ2n) is 3.63. The predicted octanol–water partition coefficient (Wildman–Crippen LogP) is 2.12. The standard InChI is InChI=1S/C10H18N4OS.ClH/c1-8-13-14-10(16-8)12-9(15)6-4-2-3-5-7-11;/h2-7,11H2,1H3,(H,12,14,15);1H. The van der Waals surface area contributed by atoms with Gasteiger partial charge in [0, 0.05) is 6.42 Å². The van der Waals surface area contributed by atoms with Crippen molar-refractivity contribution in [3.05, 3.63) is 5.01 Å². The molecule has 0 atom stereocenters. The first-order chi connectivity index (χ1) is 7.72. The van der Waals surface area contributed by atoms with E-state index in [0.29, 0.717) is 11.6 Å². The number of aromatic nitrogens is 2. The van der Waals surface area contributed by atoms with E-state index in [1.807, 2.05) is 6.92 Å². The molecule has 0 aliphatic rings. The largest absolute Gasteiger partial charge is 0.330 e. The molecule has 0 saturated heterocycles. The normalized spacial score (nSPS) is 9.76. The molecule has 0 aromatic carbocycles. The van der Waals surface area contributed by atoms with E-state index >= 15 is 0 Å². The molecule has 98 valence electrons. The van der Waals surface area contributed by atoms with Crippen LogP contribution in [0.3, 0.4) is 0 Å². The fourth-order valence-electron chi connectivity index (χ4n) is 1.31. The molecule has 7 heteroatoms.